The Morgan fingerprint density at radius 3 is 3.07 bits per heavy atom. The molecule has 1 aliphatic rings. The molecule has 0 spiro atoms. The van der Waals surface area contributed by atoms with Crippen molar-refractivity contribution in [2.45, 2.75) is 12.6 Å². The number of likely N-dealkylation sites (tertiary alicyclic amines) is 1. The molecule has 1 aromatic rings. The van der Waals surface area contributed by atoms with Gasteiger partial charge in [-0.3, -0.25) is 4.90 Å². The van der Waals surface area contributed by atoms with Gasteiger partial charge in [-0.15, -0.1) is 0 Å². The highest BCUT2D eigenvalue weighted by atomic mass is 16.5. The summed E-state index contributed by atoms with van der Waals surface area (Å²) in [7, 11) is 1.34. The second-order valence-corrected chi connectivity index (χ2v) is 3.60. The molecule has 0 bridgehead atoms. The smallest absolute Gasteiger partial charge is 0.341 e. The third kappa shape index (κ3) is 2.03. The number of β-amino-alcohol motifs (C(OH)–C–C–N with tert-alkyl or cyclic N) is 1. The van der Waals surface area contributed by atoms with Gasteiger partial charge < -0.3 is 14.3 Å². The highest BCUT2D eigenvalue weighted by molar-refractivity contribution is 5.90. The van der Waals surface area contributed by atoms with Gasteiger partial charge in [0.05, 0.1) is 26.0 Å². The molecule has 0 unspecified atom stereocenters. The summed E-state index contributed by atoms with van der Waals surface area (Å²) >= 11 is 0. The van der Waals surface area contributed by atoms with Gasteiger partial charge in [0.15, 0.2) is 0 Å². The second-order valence-electron chi connectivity index (χ2n) is 3.60. The van der Waals surface area contributed by atoms with E-state index < -0.39 is 0 Å². The number of hydrogen-bond donors (Lipinski definition) is 1. The van der Waals surface area contributed by atoms with E-state index in [0.717, 1.165) is 0 Å². The Morgan fingerprint density at radius 2 is 2.47 bits per heavy atom. The van der Waals surface area contributed by atoms with Gasteiger partial charge >= 0.3 is 5.97 Å². The molecule has 1 fully saturated rings. The average molecular weight is 211 g/mol. The quantitative estimate of drug-likeness (QED) is 0.726. The number of carbonyl (C=O) groups excluding carboxylic acids is 1. The van der Waals surface area contributed by atoms with E-state index in [1.54, 1.807) is 6.07 Å². The van der Waals surface area contributed by atoms with E-state index in [1.165, 1.54) is 13.4 Å². The number of hydrogen-bond acceptors (Lipinski definition) is 5. The van der Waals surface area contributed by atoms with E-state index in [2.05, 4.69) is 4.74 Å². The number of ether oxygens (including phenoxy) is 1. The summed E-state index contributed by atoms with van der Waals surface area (Å²) in [5.41, 5.74) is 0.457. The summed E-state index contributed by atoms with van der Waals surface area (Å²) in [5.74, 6) is 0.202. The Morgan fingerprint density at radius 1 is 1.73 bits per heavy atom. The summed E-state index contributed by atoms with van der Waals surface area (Å²) in [6.45, 7) is 1.79. The van der Waals surface area contributed by atoms with Crippen LogP contribution in [0.1, 0.15) is 16.1 Å². The Balaban J connectivity index is 2.02. The molecule has 82 valence electrons. The van der Waals surface area contributed by atoms with Crippen LogP contribution in [-0.4, -0.2) is 42.3 Å². The molecule has 1 saturated heterocycles. The molecule has 5 nitrogen and oxygen atoms in total. The first-order valence-corrected chi connectivity index (χ1v) is 4.76. The Labute approximate surface area is 87.2 Å². The third-order valence-electron chi connectivity index (χ3n) is 2.46. The predicted molar refractivity (Wildman–Crippen MR) is 51.3 cm³/mol. The van der Waals surface area contributed by atoms with Gasteiger partial charge in [-0.25, -0.2) is 4.79 Å². The van der Waals surface area contributed by atoms with E-state index >= 15 is 0 Å². The van der Waals surface area contributed by atoms with Gasteiger partial charge in [0.2, 0.25) is 0 Å². The number of rotatable bonds is 3. The Hall–Kier alpha value is -1.33. The molecule has 1 aromatic heterocycles. The van der Waals surface area contributed by atoms with E-state index in [-0.39, 0.29) is 12.1 Å². The van der Waals surface area contributed by atoms with Crippen LogP contribution in [0.3, 0.4) is 0 Å². The SMILES string of the molecule is COC(=O)c1ccoc1CN1CC(O)C1. The van der Waals surface area contributed by atoms with Crippen LogP contribution in [0.4, 0.5) is 0 Å². The van der Waals surface area contributed by atoms with Crippen molar-refractivity contribution in [3.63, 3.8) is 0 Å². The molecule has 0 atom stereocenters. The third-order valence-corrected chi connectivity index (χ3v) is 2.46. The molecule has 1 N–H and O–H groups in total. The zero-order valence-electron chi connectivity index (χ0n) is 8.47. The van der Waals surface area contributed by atoms with Gasteiger partial charge in [0, 0.05) is 13.1 Å². The maximum atomic E-state index is 11.3. The van der Waals surface area contributed by atoms with Gasteiger partial charge in [0.25, 0.3) is 0 Å². The van der Waals surface area contributed by atoms with Crippen LogP contribution in [0.25, 0.3) is 0 Å². The molecule has 0 aliphatic carbocycles. The minimum absolute atomic E-state index is 0.249. The first kappa shape index (κ1) is 10.2. The van der Waals surface area contributed by atoms with Crippen molar-refractivity contribution in [1.82, 2.24) is 4.90 Å². The summed E-state index contributed by atoms with van der Waals surface area (Å²) in [5, 5.41) is 9.11. The minimum atomic E-state index is -0.389. The van der Waals surface area contributed by atoms with Gasteiger partial charge in [-0.1, -0.05) is 0 Å². The molecular weight excluding hydrogens is 198 g/mol. The molecule has 2 heterocycles. The molecule has 1 aliphatic heterocycles. The van der Waals surface area contributed by atoms with Crippen molar-refractivity contribution in [3.05, 3.63) is 23.7 Å². The largest absolute Gasteiger partial charge is 0.467 e. The van der Waals surface area contributed by atoms with Gasteiger partial charge in [0.1, 0.15) is 11.3 Å². The normalized spacial score (nSPS) is 17.5. The van der Waals surface area contributed by atoms with Crippen molar-refractivity contribution < 1.29 is 19.1 Å². The lowest BCUT2D eigenvalue weighted by molar-refractivity contribution is -0.00653. The number of esters is 1. The zero-order valence-corrected chi connectivity index (χ0v) is 8.47. The first-order valence-electron chi connectivity index (χ1n) is 4.76. The number of carbonyl (C=O) groups is 1. The van der Waals surface area contributed by atoms with Crippen LogP contribution in [0.5, 0.6) is 0 Å². The number of aliphatic hydroxyl groups is 1. The van der Waals surface area contributed by atoms with E-state index in [1.807, 2.05) is 4.90 Å². The highest BCUT2D eigenvalue weighted by Gasteiger charge is 2.27. The van der Waals surface area contributed by atoms with Crippen molar-refractivity contribution in [3.8, 4) is 0 Å². The molecule has 0 amide bonds. The fourth-order valence-electron chi connectivity index (χ4n) is 1.63. The molecule has 15 heavy (non-hydrogen) atoms. The van der Waals surface area contributed by atoms with Crippen LogP contribution in [0, 0.1) is 0 Å². The summed E-state index contributed by atoms with van der Waals surface area (Å²) < 4.78 is 9.83. The van der Waals surface area contributed by atoms with E-state index in [0.29, 0.717) is 31.0 Å². The minimum Gasteiger partial charge on any atom is -0.467 e. The van der Waals surface area contributed by atoms with Crippen molar-refractivity contribution in [1.29, 1.82) is 0 Å². The summed E-state index contributed by atoms with van der Waals surface area (Å²) in [4.78, 5) is 13.3. The predicted octanol–water partition coefficient (Wildman–Crippen LogP) is 0.243. The van der Waals surface area contributed by atoms with Crippen molar-refractivity contribution in [2.24, 2.45) is 0 Å². The fourth-order valence-corrected chi connectivity index (χ4v) is 1.63. The molecule has 0 radical (unpaired) electrons. The maximum absolute atomic E-state index is 11.3. The van der Waals surface area contributed by atoms with Crippen LogP contribution in [0.2, 0.25) is 0 Å². The monoisotopic (exact) mass is 211 g/mol. The Bertz CT molecular complexity index is 354. The topological polar surface area (TPSA) is 62.9 Å². The lowest BCUT2D eigenvalue weighted by Gasteiger charge is -2.35. The van der Waals surface area contributed by atoms with Crippen molar-refractivity contribution in [2.75, 3.05) is 20.2 Å². The number of furan rings is 1. The number of methoxy groups -OCH3 is 1. The van der Waals surface area contributed by atoms with Crippen LogP contribution < -0.4 is 0 Å². The van der Waals surface area contributed by atoms with Gasteiger partial charge in [-0.2, -0.15) is 0 Å². The van der Waals surface area contributed by atoms with Crippen LogP contribution in [0.15, 0.2) is 16.7 Å². The Kier molecular flexibility index (Phi) is 2.75. The lowest BCUT2D eigenvalue weighted by atomic mass is 10.1. The molecule has 2 rings (SSSR count). The van der Waals surface area contributed by atoms with Crippen LogP contribution >= 0.6 is 0 Å². The highest BCUT2D eigenvalue weighted by Crippen LogP contribution is 2.18. The maximum Gasteiger partial charge on any atom is 0.341 e. The van der Waals surface area contributed by atoms with Crippen LogP contribution in [-0.2, 0) is 11.3 Å². The molecular formula is C10H13NO4. The molecule has 5 heteroatoms. The zero-order chi connectivity index (χ0) is 10.8. The summed E-state index contributed by atoms with van der Waals surface area (Å²) in [6, 6.07) is 1.59. The second kappa shape index (κ2) is 4.04. The number of aliphatic hydroxyl groups excluding tert-OH is 1. The standard InChI is InChI=1S/C10H13NO4/c1-14-10(13)8-2-3-15-9(8)6-11-4-7(12)5-11/h2-3,7,12H,4-6H2,1H3. The molecule has 0 aromatic carbocycles. The first-order chi connectivity index (χ1) is 7.20. The number of nitrogens with zero attached hydrogens (tertiary/aromatic N) is 1. The van der Waals surface area contributed by atoms with E-state index in [4.69, 9.17) is 9.52 Å². The average Bonchev–Trinajstić information content (AvgIpc) is 2.62. The molecule has 0 saturated carbocycles. The van der Waals surface area contributed by atoms with Gasteiger partial charge in [-0.05, 0) is 6.07 Å². The summed E-state index contributed by atoms with van der Waals surface area (Å²) in [6.07, 6.45) is 1.22. The lowest BCUT2D eigenvalue weighted by Crippen LogP contribution is -2.49. The van der Waals surface area contributed by atoms with Crippen molar-refractivity contribution >= 4 is 5.97 Å². The van der Waals surface area contributed by atoms with E-state index in [9.17, 15) is 4.79 Å². The fraction of sp³-hybridized carbons (Fsp3) is 0.500.